The summed E-state index contributed by atoms with van der Waals surface area (Å²) in [5.74, 6) is -0.124. The van der Waals surface area contributed by atoms with Crippen LogP contribution in [0.3, 0.4) is 0 Å². The fourth-order valence-corrected chi connectivity index (χ4v) is 3.69. The summed E-state index contributed by atoms with van der Waals surface area (Å²) in [5.41, 5.74) is -1.16. The molecule has 0 heterocycles. The molecule has 0 aliphatic heterocycles. The van der Waals surface area contributed by atoms with Crippen LogP contribution in [0.15, 0.2) is 0 Å². The zero-order valence-electron chi connectivity index (χ0n) is 13.6. The molecule has 0 N–H and O–H groups in total. The second kappa shape index (κ2) is 6.15. The first-order valence-corrected chi connectivity index (χ1v) is 7.36. The molecule has 2 atom stereocenters. The van der Waals surface area contributed by atoms with Crippen LogP contribution in [-0.2, 0) is 19.1 Å². The van der Waals surface area contributed by atoms with Crippen molar-refractivity contribution in [3.8, 4) is 0 Å². The molecule has 0 radical (unpaired) electrons. The van der Waals surface area contributed by atoms with Crippen molar-refractivity contribution in [1.29, 1.82) is 0 Å². The predicted molar refractivity (Wildman–Crippen MR) is 77.0 cm³/mol. The van der Waals surface area contributed by atoms with Crippen molar-refractivity contribution < 1.29 is 19.1 Å². The lowest BCUT2D eigenvalue weighted by Gasteiger charge is -2.46. The quantitative estimate of drug-likeness (QED) is 0.744. The van der Waals surface area contributed by atoms with Gasteiger partial charge in [0.05, 0.1) is 25.0 Å². The highest BCUT2D eigenvalue weighted by Crippen LogP contribution is 2.50. The van der Waals surface area contributed by atoms with E-state index in [2.05, 4.69) is 0 Å². The highest BCUT2D eigenvalue weighted by atomic mass is 16.5. The number of ether oxygens (including phenoxy) is 2. The molecule has 1 saturated carbocycles. The maximum atomic E-state index is 12.1. The molecule has 4 heteroatoms. The van der Waals surface area contributed by atoms with Crippen LogP contribution >= 0.6 is 0 Å². The topological polar surface area (TPSA) is 52.6 Å². The monoisotopic (exact) mass is 284 g/mol. The van der Waals surface area contributed by atoms with Crippen molar-refractivity contribution in [3.05, 3.63) is 0 Å². The Kier molecular flexibility index (Phi) is 5.22. The number of carbonyl (C=O) groups excluding carboxylic acids is 2. The Morgan fingerprint density at radius 3 is 1.35 bits per heavy atom. The first kappa shape index (κ1) is 17.0. The number of hydrogen-bond acceptors (Lipinski definition) is 4. The molecule has 2 unspecified atom stereocenters. The van der Waals surface area contributed by atoms with Gasteiger partial charge in [-0.05, 0) is 52.4 Å². The van der Waals surface area contributed by atoms with Gasteiger partial charge in [0.25, 0.3) is 0 Å². The number of esters is 2. The summed E-state index contributed by atoms with van der Waals surface area (Å²) in [7, 11) is 2.85. The van der Waals surface area contributed by atoms with Crippen LogP contribution in [0, 0.1) is 22.7 Å². The fourth-order valence-electron chi connectivity index (χ4n) is 3.69. The van der Waals surface area contributed by atoms with Crippen LogP contribution in [0.2, 0.25) is 0 Å². The molecule has 1 aliphatic rings. The summed E-state index contributed by atoms with van der Waals surface area (Å²) in [4.78, 5) is 24.2. The van der Waals surface area contributed by atoms with Gasteiger partial charge >= 0.3 is 11.9 Å². The van der Waals surface area contributed by atoms with Crippen molar-refractivity contribution in [2.24, 2.45) is 22.7 Å². The van der Waals surface area contributed by atoms with Gasteiger partial charge in [0.2, 0.25) is 0 Å². The standard InChI is InChI=1S/C16H28O4/c1-15(2,13(17)19-5)11-9-7-8-10-12(11)16(3,4)14(18)20-6/h11-12H,7-10H2,1-6H3. The molecular formula is C16H28O4. The second-order valence-corrected chi connectivity index (χ2v) is 6.92. The minimum atomic E-state index is -0.578. The SMILES string of the molecule is COC(=O)C(C)(C)C1CCCCC1C(C)(C)C(=O)OC. The molecule has 0 bridgehead atoms. The average molecular weight is 284 g/mol. The molecule has 116 valence electrons. The smallest absolute Gasteiger partial charge is 0.311 e. The summed E-state index contributed by atoms with van der Waals surface area (Å²) in [6.07, 6.45) is 4.10. The van der Waals surface area contributed by atoms with E-state index in [0.717, 1.165) is 25.7 Å². The first-order valence-electron chi connectivity index (χ1n) is 7.36. The molecule has 4 nitrogen and oxygen atoms in total. The third kappa shape index (κ3) is 2.99. The van der Waals surface area contributed by atoms with E-state index in [-0.39, 0.29) is 23.8 Å². The van der Waals surface area contributed by atoms with Gasteiger partial charge in [-0.1, -0.05) is 12.8 Å². The molecule has 20 heavy (non-hydrogen) atoms. The van der Waals surface area contributed by atoms with Crippen LogP contribution in [-0.4, -0.2) is 26.2 Å². The number of carbonyl (C=O) groups is 2. The normalized spacial score (nSPS) is 24.1. The highest BCUT2D eigenvalue weighted by Gasteiger charge is 2.50. The van der Waals surface area contributed by atoms with E-state index in [4.69, 9.17) is 9.47 Å². The fraction of sp³-hybridized carbons (Fsp3) is 0.875. The summed E-state index contributed by atoms with van der Waals surface area (Å²) < 4.78 is 9.92. The Labute approximate surface area is 122 Å². The van der Waals surface area contributed by atoms with Gasteiger partial charge in [-0.3, -0.25) is 9.59 Å². The zero-order valence-corrected chi connectivity index (χ0v) is 13.6. The van der Waals surface area contributed by atoms with Crippen molar-refractivity contribution in [1.82, 2.24) is 0 Å². The van der Waals surface area contributed by atoms with E-state index in [9.17, 15) is 9.59 Å². The number of methoxy groups -OCH3 is 2. The molecule has 1 aliphatic carbocycles. The van der Waals surface area contributed by atoms with Crippen molar-refractivity contribution in [3.63, 3.8) is 0 Å². The zero-order chi connectivity index (χ0) is 15.6. The third-order valence-corrected chi connectivity index (χ3v) is 5.04. The van der Waals surface area contributed by atoms with E-state index < -0.39 is 10.8 Å². The van der Waals surface area contributed by atoms with Crippen LogP contribution in [0.1, 0.15) is 53.4 Å². The Morgan fingerprint density at radius 1 is 0.800 bits per heavy atom. The first-order chi connectivity index (χ1) is 9.19. The molecule has 1 fully saturated rings. The van der Waals surface area contributed by atoms with Crippen LogP contribution in [0.4, 0.5) is 0 Å². The van der Waals surface area contributed by atoms with Crippen LogP contribution in [0.25, 0.3) is 0 Å². The van der Waals surface area contributed by atoms with Crippen molar-refractivity contribution in [2.45, 2.75) is 53.4 Å². The maximum absolute atomic E-state index is 12.1. The van der Waals surface area contributed by atoms with E-state index in [1.54, 1.807) is 0 Å². The Bertz CT molecular complexity index is 335. The molecule has 0 spiro atoms. The third-order valence-electron chi connectivity index (χ3n) is 5.04. The summed E-state index contributed by atoms with van der Waals surface area (Å²) >= 11 is 0. The largest absolute Gasteiger partial charge is 0.469 e. The van der Waals surface area contributed by atoms with Crippen LogP contribution < -0.4 is 0 Å². The molecule has 0 aromatic carbocycles. The van der Waals surface area contributed by atoms with Gasteiger partial charge in [0, 0.05) is 0 Å². The summed E-state index contributed by atoms with van der Waals surface area (Å²) in [6.45, 7) is 7.70. The highest BCUT2D eigenvalue weighted by molar-refractivity contribution is 5.78. The lowest BCUT2D eigenvalue weighted by Crippen LogP contribution is -2.47. The Balaban J connectivity index is 3.09. The molecule has 0 saturated heterocycles. The Hall–Kier alpha value is -1.06. The lowest BCUT2D eigenvalue weighted by molar-refractivity contribution is -0.166. The van der Waals surface area contributed by atoms with E-state index in [0.29, 0.717) is 0 Å². The molecule has 0 aromatic heterocycles. The minimum Gasteiger partial charge on any atom is -0.469 e. The van der Waals surface area contributed by atoms with Gasteiger partial charge in [-0.25, -0.2) is 0 Å². The van der Waals surface area contributed by atoms with Crippen molar-refractivity contribution in [2.75, 3.05) is 14.2 Å². The average Bonchev–Trinajstić information content (AvgIpc) is 2.45. The lowest BCUT2D eigenvalue weighted by atomic mass is 9.58. The Morgan fingerprint density at radius 2 is 1.10 bits per heavy atom. The molecule has 1 rings (SSSR count). The van der Waals surface area contributed by atoms with Crippen molar-refractivity contribution >= 4 is 11.9 Å². The van der Waals surface area contributed by atoms with Gasteiger partial charge in [-0.15, -0.1) is 0 Å². The van der Waals surface area contributed by atoms with Gasteiger partial charge in [0.1, 0.15) is 0 Å². The van der Waals surface area contributed by atoms with Crippen LogP contribution in [0.5, 0.6) is 0 Å². The second-order valence-electron chi connectivity index (χ2n) is 6.92. The summed E-state index contributed by atoms with van der Waals surface area (Å²) in [5, 5.41) is 0. The molecule has 0 amide bonds. The maximum Gasteiger partial charge on any atom is 0.311 e. The number of rotatable bonds is 4. The summed E-state index contributed by atoms with van der Waals surface area (Å²) in [6, 6.07) is 0. The van der Waals surface area contributed by atoms with Gasteiger partial charge < -0.3 is 9.47 Å². The number of hydrogen-bond donors (Lipinski definition) is 0. The van der Waals surface area contributed by atoms with E-state index >= 15 is 0 Å². The van der Waals surface area contributed by atoms with E-state index in [1.165, 1.54) is 14.2 Å². The van der Waals surface area contributed by atoms with E-state index in [1.807, 2.05) is 27.7 Å². The molecular weight excluding hydrogens is 256 g/mol. The minimum absolute atomic E-state index is 0.137. The van der Waals surface area contributed by atoms with Gasteiger partial charge in [0.15, 0.2) is 0 Å². The predicted octanol–water partition coefficient (Wildman–Crippen LogP) is 3.19. The molecule has 0 aromatic rings. The van der Waals surface area contributed by atoms with Gasteiger partial charge in [-0.2, -0.15) is 0 Å².